The third-order valence-electron chi connectivity index (χ3n) is 5.02. The topological polar surface area (TPSA) is 84.2 Å². The van der Waals surface area contributed by atoms with Gasteiger partial charge in [0, 0.05) is 19.1 Å². The number of amides is 1. The molecule has 0 atom stereocenters. The van der Waals surface area contributed by atoms with Crippen molar-refractivity contribution in [2.75, 3.05) is 26.2 Å². The van der Waals surface area contributed by atoms with E-state index in [1.54, 1.807) is 4.90 Å². The summed E-state index contributed by atoms with van der Waals surface area (Å²) in [5, 5.41) is 28.8. The maximum atomic E-state index is 12.5. The van der Waals surface area contributed by atoms with E-state index in [2.05, 4.69) is 4.90 Å². The fraction of sp³-hybridized carbons (Fsp3) is 0.588. The van der Waals surface area contributed by atoms with Crippen LogP contribution in [0.1, 0.15) is 42.5 Å². The van der Waals surface area contributed by atoms with Gasteiger partial charge < -0.3 is 25.1 Å². The number of hydrogen-bond donors (Lipinski definition) is 3. The fourth-order valence-corrected chi connectivity index (χ4v) is 3.63. The number of piperidine rings is 2. The lowest BCUT2D eigenvalue weighted by atomic mass is 9.99. The van der Waals surface area contributed by atoms with Crippen molar-refractivity contribution in [1.29, 1.82) is 0 Å². The molecular formula is C17H24N2O4. The number of benzene rings is 1. The molecule has 126 valence electrons. The summed E-state index contributed by atoms with van der Waals surface area (Å²) < 4.78 is 0. The first-order valence-corrected chi connectivity index (χ1v) is 8.35. The average molecular weight is 320 g/mol. The summed E-state index contributed by atoms with van der Waals surface area (Å²) in [4.78, 5) is 16.8. The van der Waals surface area contributed by atoms with Crippen LogP contribution in [-0.2, 0) is 0 Å². The molecule has 0 bridgehead atoms. The van der Waals surface area contributed by atoms with Gasteiger partial charge in [0.15, 0.2) is 11.5 Å². The molecule has 2 aliphatic rings. The highest BCUT2D eigenvalue weighted by Crippen LogP contribution is 2.37. The molecule has 0 saturated carbocycles. The van der Waals surface area contributed by atoms with E-state index < -0.39 is 17.2 Å². The second kappa shape index (κ2) is 6.66. The largest absolute Gasteiger partial charge is 0.504 e. The minimum absolute atomic E-state index is 0.0386. The van der Waals surface area contributed by atoms with Crippen LogP contribution in [-0.4, -0.2) is 63.2 Å². The van der Waals surface area contributed by atoms with Crippen LogP contribution in [0, 0.1) is 0 Å². The molecule has 3 rings (SSSR count). The Bertz CT molecular complexity index is 576. The number of carbonyl (C=O) groups is 1. The van der Waals surface area contributed by atoms with Gasteiger partial charge in [-0.1, -0.05) is 6.42 Å². The van der Waals surface area contributed by atoms with Gasteiger partial charge in [-0.05, 0) is 50.9 Å². The average Bonchev–Trinajstić information content (AvgIpc) is 2.60. The number of nitrogens with zero attached hydrogens (tertiary/aromatic N) is 2. The highest BCUT2D eigenvalue weighted by Gasteiger charge is 2.29. The number of carbonyl (C=O) groups excluding carboxylic acids is 1. The summed E-state index contributed by atoms with van der Waals surface area (Å²) in [6.07, 6.45) is 5.73. The first-order chi connectivity index (χ1) is 11.1. The second-order valence-electron chi connectivity index (χ2n) is 6.45. The van der Waals surface area contributed by atoms with E-state index in [1.807, 2.05) is 0 Å². The quantitative estimate of drug-likeness (QED) is 0.725. The van der Waals surface area contributed by atoms with Crippen molar-refractivity contribution in [2.45, 2.75) is 38.1 Å². The predicted octanol–water partition coefficient (Wildman–Crippen LogP) is 1.89. The molecule has 3 N–H and O–H groups in total. The van der Waals surface area contributed by atoms with E-state index in [-0.39, 0.29) is 11.5 Å². The zero-order chi connectivity index (χ0) is 16.4. The first-order valence-electron chi connectivity index (χ1n) is 8.35. The van der Waals surface area contributed by atoms with Gasteiger partial charge in [-0.3, -0.25) is 4.79 Å². The van der Waals surface area contributed by atoms with E-state index in [0.717, 1.165) is 25.9 Å². The van der Waals surface area contributed by atoms with Crippen molar-refractivity contribution in [3.63, 3.8) is 0 Å². The lowest BCUT2D eigenvalue weighted by Gasteiger charge is -2.40. The lowest BCUT2D eigenvalue weighted by molar-refractivity contribution is 0.0587. The van der Waals surface area contributed by atoms with Crippen molar-refractivity contribution < 1.29 is 20.1 Å². The van der Waals surface area contributed by atoms with E-state index >= 15 is 0 Å². The lowest BCUT2D eigenvalue weighted by Crippen LogP contribution is -2.48. The Morgan fingerprint density at radius 3 is 2.22 bits per heavy atom. The molecule has 0 unspecified atom stereocenters. The number of aromatic hydroxyl groups is 3. The normalized spacial score (nSPS) is 20.6. The van der Waals surface area contributed by atoms with Crippen LogP contribution in [0.15, 0.2) is 12.1 Å². The van der Waals surface area contributed by atoms with Crippen LogP contribution in [0.5, 0.6) is 17.2 Å². The zero-order valence-corrected chi connectivity index (χ0v) is 13.2. The van der Waals surface area contributed by atoms with Gasteiger partial charge in [0.2, 0.25) is 5.75 Å². The van der Waals surface area contributed by atoms with Gasteiger partial charge in [-0.15, -0.1) is 0 Å². The molecule has 6 heteroatoms. The Morgan fingerprint density at radius 2 is 1.57 bits per heavy atom. The molecule has 2 aliphatic heterocycles. The van der Waals surface area contributed by atoms with Gasteiger partial charge >= 0.3 is 0 Å². The van der Waals surface area contributed by atoms with Crippen molar-refractivity contribution in [2.24, 2.45) is 0 Å². The minimum atomic E-state index is -0.640. The van der Waals surface area contributed by atoms with Gasteiger partial charge in [0.05, 0.1) is 5.56 Å². The van der Waals surface area contributed by atoms with Crippen molar-refractivity contribution in [3.8, 4) is 17.2 Å². The highest BCUT2D eigenvalue weighted by atomic mass is 16.3. The maximum Gasteiger partial charge on any atom is 0.257 e. The standard InChI is InChI=1S/C17H24N2O4/c20-14-5-4-13(15(21)16(14)22)17(23)19-10-6-12(7-11-19)18-8-2-1-3-9-18/h4-5,12,20-22H,1-3,6-11H2. The molecule has 1 aromatic carbocycles. The van der Waals surface area contributed by atoms with E-state index in [9.17, 15) is 20.1 Å². The summed E-state index contributed by atoms with van der Waals surface area (Å²) in [6, 6.07) is 3.12. The summed E-state index contributed by atoms with van der Waals surface area (Å²) in [5.41, 5.74) is 0.0386. The van der Waals surface area contributed by atoms with Crippen LogP contribution in [0.4, 0.5) is 0 Å². The molecule has 2 heterocycles. The van der Waals surface area contributed by atoms with Gasteiger partial charge in [0.25, 0.3) is 5.91 Å². The zero-order valence-electron chi connectivity index (χ0n) is 13.2. The van der Waals surface area contributed by atoms with Crippen molar-refractivity contribution >= 4 is 5.91 Å². The Kier molecular flexibility index (Phi) is 4.61. The number of rotatable bonds is 2. The van der Waals surface area contributed by atoms with Gasteiger partial charge in [-0.2, -0.15) is 0 Å². The van der Waals surface area contributed by atoms with Crippen LogP contribution >= 0.6 is 0 Å². The molecule has 6 nitrogen and oxygen atoms in total. The third kappa shape index (κ3) is 3.22. The highest BCUT2D eigenvalue weighted by molar-refractivity contribution is 5.98. The molecule has 23 heavy (non-hydrogen) atoms. The van der Waals surface area contributed by atoms with Crippen LogP contribution in [0.25, 0.3) is 0 Å². The number of phenolic OH excluding ortho intramolecular Hbond substituents is 3. The van der Waals surface area contributed by atoms with Gasteiger partial charge in [0.1, 0.15) is 0 Å². The van der Waals surface area contributed by atoms with Crippen LogP contribution in [0.3, 0.4) is 0 Å². The molecule has 0 aliphatic carbocycles. The monoisotopic (exact) mass is 320 g/mol. The van der Waals surface area contributed by atoms with E-state index in [1.165, 1.54) is 31.4 Å². The Hall–Kier alpha value is -1.95. The smallest absolute Gasteiger partial charge is 0.257 e. The Labute approximate surface area is 135 Å². The number of likely N-dealkylation sites (tertiary alicyclic amines) is 2. The maximum absolute atomic E-state index is 12.5. The minimum Gasteiger partial charge on any atom is -0.504 e. The molecule has 0 radical (unpaired) electrons. The SMILES string of the molecule is O=C(c1ccc(O)c(O)c1O)N1CCC(N2CCCCC2)CC1. The van der Waals surface area contributed by atoms with Crippen LogP contribution in [0.2, 0.25) is 0 Å². The Morgan fingerprint density at radius 1 is 0.913 bits per heavy atom. The molecule has 1 aromatic rings. The first kappa shape index (κ1) is 15.9. The predicted molar refractivity (Wildman–Crippen MR) is 85.8 cm³/mol. The molecule has 2 fully saturated rings. The van der Waals surface area contributed by atoms with Crippen molar-refractivity contribution in [1.82, 2.24) is 9.80 Å². The summed E-state index contributed by atoms with van der Waals surface area (Å²) in [6.45, 7) is 3.62. The number of phenols is 3. The summed E-state index contributed by atoms with van der Waals surface area (Å²) in [5.74, 6) is -1.91. The van der Waals surface area contributed by atoms with Gasteiger partial charge in [-0.25, -0.2) is 0 Å². The van der Waals surface area contributed by atoms with E-state index in [0.29, 0.717) is 19.1 Å². The second-order valence-corrected chi connectivity index (χ2v) is 6.45. The Balaban J connectivity index is 1.63. The fourth-order valence-electron chi connectivity index (χ4n) is 3.63. The molecule has 0 spiro atoms. The molecule has 0 aromatic heterocycles. The molecule has 1 amide bonds. The van der Waals surface area contributed by atoms with Crippen LogP contribution < -0.4 is 0 Å². The summed E-state index contributed by atoms with van der Waals surface area (Å²) >= 11 is 0. The number of hydrogen-bond acceptors (Lipinski definition) is 5. The third-order valence-corrected chi connectivity index (χ3v) is 5.02. The molecular weight excluding hydrogens is 296 g/mol. The molecule has 2 saturated heterocycles. The van der Waals surface area contributed by atoms with E-state index in [4.69, 9.17) is 0 Å². The van der Waals surface area contributed by atoms with Crippen molar-refractivity contribution in [3.05, 3.63) is 17.7 Å². The summed E-state index contributed by atoms with van der Waals surface area (Å²) in [7, 11) is 0.